The number of benzene rings is 2. The van der Waals surface area contributed by atoms with E-state index in [1.54, 1.807) is 42.5 Å². The molecule has 0 aliphatic carbocycles. The van der Waals surface area contributed by atoms with Crippen LogP contribution in [0.4, 0.5) is 5.69 Å². The average Bonchev–Trinajstić information content (AvgIpc) is 2.65. The fourth-order valence-electron chi connectivity index (χ4n) is 2.14. The number of hydrogen-bond acceptors (Lipinski definition) is 5. The van der Waals surface area contributed by atoms with Gasteiger partial charge >= 0.3 is 0 Å². The van der Waals surface area contributed by atoms with Gasteiger partial charge in [0.05, 0.1) is 18.7 Å². The maximum atomic E-state index is 12.3. The normalized spacial score (nSPS) is 10.6. The summed E-state index contributed by atoms with van der Waals surface area (Å²) in [7, 11) is 1.47. The number of ether oxygens (including phenoxy) is 2. The van der Waals surface area contributed by atoms with Gasteiger partial charge in [-0.1, -0.05) is 20.8 Å². The maximum Gasteiger partial charge on any atom is 0.229 e. The Labute approximate surface area is 158 Å². The molecule has 6 nitrogen and oxygen atoms in total. The molecule has 0 aromatic heterocycles. The van der Waals surface area contributed by atoms with Crippen LogP contribution in [0.1, 0.15) is 36.7 Å². The molecule has 0 aliphatic heterocycles. The molecule has 0 bridgehead atoms. The van der Waals surface area contributed by atoms with Crippen molar-refractivity contribution in [1.29, 1.82) is 5.26 Å². The van der Waals surface area contributed by atoms with Crippen LogP contribution >= 0.6 is 0 Å². The van der Waals surface area contributed by atoms with E-state index < -0.39 is 5.41 Å². The number of nitrogens with one attached hydrogen (secondary N) is 1. The van der Waals surface area contributed by atoms with E-state index in [-0.39, 0.29) is 18.3 Å². The number of methoxy groups -OCH3 is 1. The minimum Gasteiger partial charge on any atom is -0.493 e. The molecule has 0 aliphatic rings. The fourth-order valence-corrected chi connectivity index (χ4v) is 2.14. The Morgan fingerprint density at radius 3 is 2.30 bits per heavy atom. The van der Waals surface area contributed by atoms with Crippen LogP contribution in [0.2, 0.25) is 0 Å². The summed E-state index contributed by atoms with van der Waals surface area (Å²) < 4.78 is 10.7. The standard InChI is InChI=1S/C21H22N2O4/c1-21(2,3)20(25)23-16-8-6-15(7-9-16)17(24)13-27-18-10-5-14(12-22)11-19(18)26-4/h5-11H,13H2,1-4H3,(H,23,25). The van der Waals surface area contributed by atoms with Crippen LogP contribution in [0.15, 0.2) is 42.5 Å². The Morgan fingerprint density at radius 2 is 1.74 bits per heavy atom. The van der Waals surface area contributed by atoms with Gasteiger partial charge in [0, 0.05) is 22.7 Å². The number of hydrogen-bond donors (Lipinski definition) is 1. The lowest BCUT2D eigenvalue weighted by Gasteiger charge is -2.17. The highest BCUT2D eigenvalue weighted by molar-refractivity contribution is 5.98. The van der Waals surface area contributed by atoms with E-state index in [0.29, 0.717) is 28.3 Å². The molecule has 0 unspecified atom stereocenters. The van der Waals surface area contributed by atoms with Crippen molar-refractivity contribution in [1.82, 2.24) is 0 Å². The summed E-state index contributed by atoms with van der Waals surface area (Å²) in [5.74, 6) is 0.467. The predicted molar refractivity (Wildman–Crippen MR) is 102 cm³/mol. The quantitative estimate of drug-likeness (QED) is 0.785. The van der Waals surface area contributed by atoms with Gasteiger partial charge in [-0.3, -0.25) is 9.59 Å². The number of nitrogens with zero attached hydrogens (tertiary/aromatic N) is 1. The number of anilines is 1. The monoisotopic (exact) mass is 366 g/mol. The molecule has 6 heteroatoms. The van der Waals surface area contributed by atoms with Crippen molar-refractivity contribution in [3.8, 4) is 17.6 Å². The van der Waals surface area contributed by atoms with Gasteiger partial charge in [0.15, 0.2) is 23.9 Å². The highest BCUT2D eigenvalue weighted by atomic mass is 16.5. The Morgan fingerprint density at radius 1 is 1.07 bits per heavy atom. The number of nitriles is 1. The van der Waals surface area contributed by atoms with Gasteiger partial charge in [0.2, 0.25) is 5.91 Å². The van der Waals surface area contributed by atoms with Gasteiger partial charge in [0.25, 0.3) is 0 Å². The van der Waals surface area contributed by atoms with Gasteiger partial charge in [-0.05, 0) is 36.4 Å². The molecule has 1 amide bonds. The highest BCUT2D eigenvalue weighted by Gasteiger charge is 2.21. The lowest BCUT2D eigenvalue weighted by Crippen LogP contribution is -2.27. The molecule has 2 aromatic rings. The summed E-state index contributed by atoms with van der Waals surface area (Å²) in [6.07, 6.45) is 0. The van der Waals surface area contributed by atoms with Crippen LogP contribution in [0.5, 0.6) is 11.5 Å². The first-order valence-corrected chi connectivity index (χ1v) is 8.40. The first-order valence-electron chi connectivity index (χ1n) is 8.40. The van der Waals surface area contributed by atoms with E-state index in [1.165, 1.54) is 7.11 Å². The predicted octanol–water partition coefficient (Wildman–Crippen LogP) is 3.81. The van der Waals surface area contributed by atoms with Crippen LogP contribution in [0, 0.1) is 16.7 Å². The third-order valence-corrected chi connectivity index (χ3v) is 3.80. The van der Waals surface area contributed by atoms with E-state index in [4.69, 9.17) is 14.7 Å². The third kappa shape index (κ3) is 5.32. The molecular formula is C21H22N2O4. The summed E-state index contributed by atoms with van der Waals surface area (Å²) in [5, 5.41) is 11.7. The van der Waals surface area contributed by atoms with E-state index in [2.05, 4.69) is 5.32 Å². The molecule has 0 spiro atoms. The first kappa shape index (κ1) is 20.0. The Hall–Kier alpha value is -3.33. The molecule has 2 rings (SSSR count). The minimum atomic E-state index is -0.498. The van der Waals surface area contributed by atoms with E-state index in [9.17, 15) is 9.59 Å². The van der Waals surface area contributed by atoms with E-state index in [0.717, 1.165) is 0 Å². The molecule has 2 aromatic carbocycles. The Kier molecular flexibility index (Phi) is 6.19. The molecular weight excluding hydrogens is 344 g/mol. The second kappa shape index (κ2) is 8.37. The molecule has 0 heterocycles. The third-order valence-electron chi connectivity index (χ3n) is 3.80. The summed E-state index contributed by atoms with van der Waals surface area (Å²) in [6, 6.07) is 13.4. The van der Waals surface area contributed by atoms with Crippen molar-refractivity contribution < 1.29 is 19.1 Å². The molecule has 1 N–H and O–H groups in total. The fraction of sp³-hybridized carbons (Fsp3) is 0.286. The summed E-state index contributed by atoms with van der Waals surface area (Å²) >= 11 is 0. The van der Waals surface area contributed by atoms with Gasteiger partial charge < -0.3 is 14.8 Å². The maximum absolute atomic E-state index is 12.3. The zero-order chi connectivity index (χ0) is 20.0. The van der Waals surface area contributed by atoms with Crippen LogP contribution in [-0.4, -0.2) is 25.4 Å². The lowest BCUT2D eigenvalue weighted by atomic mass is 9.95. The number of carbonyl (C=O) groups is 2. The van der Waals surface area contributed by atoms with Crippen molar-refractivity contribution in [2.75, 3.05) is 19.0 Å². The smallest absolute Gasteiger partial charge is 0.229 e. The van der Waals surface area contributed by atoms with E-state index in [1.807, 2.05) is 26.8 Å². The SMILES string of the molecule is COc1cc(C#N)ccc1OCC(=O)c1ccc(NC(=O)C(C)(C)C)cc1. The Balaban J connectivity index is 2.01. The van der Waals surface area contributed by atoms with Gasteiger partial charge in [-0.25, -0.2) is 0 Å². The molecule has 0 saturated heterocycles. The zero-order valence-electron chi connectivity index (χ0n) is 15.8. The highest BCUT2D eigenvalue weighted by Crippen LogP contribution is 2.28. The number of carbonyl (C=O) groups excluding carboxylic acids is 2. The lowest BCUT2D eigenvalue weighted by molar-refractivity contribution is -0.123. The molecule has 0 fully saturated rings. The van der Waals surface area contributed by atoms with Crippen molar-refractivity contribution in [2.45, 2.75) is 20.8 Å². The van der Waals surface area contributed by atoms with Crippen LogP contribution in [0.25, 0.3) is 0 Å². The van der Waals surface area contributed by atoms with Crippen LogP contribution < -0.4 is 14.8 Å². The number of amides is 1. The molecule has 0 atom stereocenters. The van der Waals surface area contributed by atoms with Crippen LogP contribution in [0.3, 0.4) is 0 Å². The molecule has 0 radical (unpaired) electrons. The number of Topliss-reactive ketones (excluding diaryl/α,β-unsaturated/α-hetero) is 1. The van der Waals surface area contributed by atoms with Crippen molar-refractivity contribution in [3.63, 3.8) is 0 Å². The van der Waals surface area contributed by atoms with E-state index >= 15 is 0 Å². The molecule has 140 valence electrons. The second-order valence-corrected chi connectivity index (χ2v) is 6.97. The zero-order valence-corrected chi connectivity index (χ0v) is 15.8. The summed E-state index contributed by atoms with van der Waals surface area (Å²) in [5.41, 5.74) is 1.04. The second-order valence-electron chi connectivity index (χ2n) is 6.97. The molecule has 27 heavy (non-hydrogen) atoms. The van der Waals surface area contributed by atoms with Crippen molar-refractivity contribution >= 4 is 17.4 Å². The average molecular weight is 366 g/mol. The topological polar surface area (TPSA) is 88.4 Å². The summed E-state index contributed by atoms with van der Waals surface area (Å²) in [4.78, 5) is 24.3. The van der Waals surface area contributed by atoms with Crippen LogP contribution in [-0.2, 0) is 4.79 Å². The number of ketones is 1. The van der Waals surface area contributed by atoms with Crippen molar-refractivity contribution in [3.05, 3.63) is 53.6 Å². The largest absolute Gasteiger partial charge is 0.493 e. The van der Waals surface area contributed by atoms with Crippen molar-refractivity contribution in [2.24, 2.45) is 5.41 Å². The molecule has 0 saturated carbocycles. The number of rotatable bonds is 6. The Bertz CT molecular complexity index is 875. The minimum absolute atomic E-state index is 0.0992. The van der Waals surface area contributed by atoms with Gasteiger partial charge in [0.1, 0.15) is 0 Å². The summed E-state index contributed by atoms with van der Waals surface area (Å²) in [6.45, 7) is 5.31. The van der Waals surface area contributed by atoms with Gasteiger partial charge in [-0.2, -0.15) is 5.26 Å². The van der Waals surface area contributed by atoms with Gasteiger partial charge in [-0.15, -0.1) is 0 Å². The first-order chi connectivity index (χ1) is 12.7.